The van der Waals surface area contributed by atoms with Crippen molar-refractivity contribution >= 4 is 5.91 Å². The fraction of sp³-hybridized carbons (Fsp3) is 0.417. The molecule has 0 fully saturated rings. The van der Waals surface area contributed by atoms with E-state index in [1.54, 1.807) is 7.11 Å². The SMILES string of the molecule is COCCC(=O)NCc1cccc(CO)c1. The first-order chi connectivity index (χ1) is 7.76. The number of aliphatic hydroxyl groups is 1. The molecular formula is C12H17NO3. The number of hydrogen-bond donors (Lipinski definition) is 2. The summed E-state index contributed by atoms with van der Waals surface area (Å²) in [7, 11) is 1.57. The van der Waals surface area contributed by atoms with E-state index in [-0.39, 0.29) is 12.5 Å². The molecule has 0 saturated heterocycles. The molecule has 1 amide bonds. The van der Waals surface area contributed by atoms with Gasteiger partial charge in [-0.05, 0) is 11.1 Å². The molecule has 4 heteroatoms. The Balaban J connectivity index is 2.38. The maximum atomic E-state index is 11.3. The molecule has 0 aliphatic heterocycles. The van der Waals surface area contributed by atoms with Gasteiger partial charge in [0.05, 0.1) is 13.2 Å². The Bertz CT molecular complexity index is 339. The van der Waals surface area contributed by atoms with Gasteiger partial charge in [0, 0.05) is 20.1 Å². The van der Waals surface area contributed by atoms with Gasteiger partial charge in [0.2, 0.25) is 5.91 Å². The second-order valence-electron chi connectivity index (χ2n) is 3.50. The first kappa shape index (κ1) is 12.7. The molecule has 0 aromatic heterocycles. The van der Waals surface area contributed by atoms with Crippen molar-refractivity contribution in [1.82, 2.24) is 5.32 Å². The lowest BCUT2D eigenvalue weighted by Gasteiger charge is -2.06. The predicted octanol–water partition coefficient (Wildman–Crippen LogP) is 0.832. The van der Waals surface area contributed by atoms with E-state index >= 15 is 0 Å². The quantitative estimate of drug-likeness (QED) is 0.751. The highest BCUT2D eigenvalue weighted by atomic mass is 16.5. The van der Waals surface area contributed by atoms with Gasteiger partial charge in [-0.25, -0.2) is 0 Å². The molecule has 1 rings (SSSR count). The van der Waals surface area contributed by atoms with E-state index in [1.165, 1.54) is 0 Å². The average molecular weight is 223 g/mol. The molecule has 1 aromatic rings. The highest BCUT2D eigenvalue weighted by molar-refractivity contribution is 5.75. The van der Waals surface area contributed by atoms with Crippen molar-refractivity contribution in [3.63, 3.8) is 0 Å². The fourth-order valence-electron chi connectivity index (χ4n) is 1.32. The van der Waals surface area contributed by atoms with Gasteiger partial charge in [-0.2, -0.15) is 0 Å². The molecule has 0 radical (unpaired) electrons. The van der Waals surface area contributed by atoms with Crippen LogP contribution in [0.25, 0.3) is 0 Å². The third-order valence-corrected chi connectivity index (χ3v) is 2.20. The molecule has 4 nitrogen and oxygen atoms in total. The molecule has 0 atom stereocenters. The first-order valence-corrected chi connectivity index (χ1v) is 5.20. The first-order valence-electron chi connectivity index (χ1n) is 5.20. The summed E-state index contributed by atoms with van der Waals surface area (Å²) in [6, 6.07) is 7.49. The van der Waals surface area contributed by atoms with Crippen LogP contribution < -0.4 is 5.32 Å². The molecule has 0 bridgehead atoms. The van der Waals surface area contributed by atoms with E-state index in [2.05, 4.69) is 5.32 Å². The molecule has 0 unspecified atom stereocenters. The monoisotopic (exact) mass is 223 g/mol. The van der Waals surface area contributed by atoms with Crippen LogP contribution in [0.1, 0.15) is 17.5 Å². The fourth-order valence-corrected chi connectivity index (χ4v) is 1.32. The molecule has 2 N–H and O–H groups in total. The lowest BCUT2D eigenvalue weighted by atomic mass is 10.1. The van der Waals surface area contributed by atoms with E-state index in [1.807, 2.05) is 24.3 Å². The van der Waals surface area contributed by atoms with Crippen molar-refractivity contribution in [3.05, 3.63) is 35.4 Å². The molecular weight excluding hydrogens is 206 g/mol. The Hall–Kier alpha value is -1.39. The molecule has 0 aliphatic rings. The van der Waals surface area contributed by atoms with Crippen LogP contribution in [0, 0.1) is 0 Å². The Morgan fingerprint density at radius 3 is 2.88 bits per heavy atom. The molecule has 1 aromatic carbocycles. The van der Waals surface area contributed by atoms with E-state index in [4.69, 9.17) is 9.84 Å². The van der Waals surface area contributed by atoms with Crippen LogP contribution in [-0.4, -0.2) is 24.7 Å². The Labute approximate surface area is 95.2 Å². The van der Waals surface area contributed by atoms with E-state index in [9.17, 15) is 4.79 Å². The van der Waals surface area contributed by atoms with Gasteiger partial charge in [-0.15, -0.1) is 0 Å². The average Bonchev–Trinajstić information content (AvgIpc) is 2.34. The molecule has 88 valence electrons. The highest BCUT2D eigenvalue weighted by Crippen LogP contribution is 2.04. The van der Waals surface area contributed by atoms with Gasteiger partial charge in [-0.3, -0.25) is 4.79 Å². The number of carbonyl (C=O) groups excluding carboxylic acids is 1. The maximum absolute atomic E-state index is 11.3. The van der Waals surface area contributed by atoms with Crippen LogP contribution in [-0.2, 0) is 22.7 Å². The third-order valence-electron chi connectivity index (χ3n) is 2.20. The minimum atomic E-state index is -0.0312. The predicted molar refractivity (Wildman–Crippen MR) is 60.7 cm³/mol. The number of carbonyl (C=O) groups is 1. The van der Waals surface area contributed by atoms with Crippen LogP contribution in [0.2, 0.25) is 0 Å². The summed E-state index contributed by atoms with van der Waals surface area (Å²) in [6.07, 6.45) is 0.371. The zero-order valence-electron chi connectivity index (χ0n) is 9.40. The number of rotatable bonds is 6. The van der Waals surface area contributed by atoms with E-state index in [0.717, 1.165) is 11.1 Å². The van der Waals surface area contributed by atoms with Crippen molar-refractivity contribution < 1.29 is 14.6 Å². The number of aliphatic hydroxyl groups excluding tert-OH is 1. The number of amides is 1. The largest absolute Gasteiger partial charge is 0.392 e. The Kier molecular flexibility index (Phi) is 5.53. The summed E-state index contributed by atoms with van der Waals surface area (Å²) in [5, 5.41) is 11.7. The summed E-state index contributed by atoms with van der Waals surface area (Å²) in [6.45, 7) is 0.935. The number of nitrogens with one attached hydrogen (secondary N) is 1. The summed E-state index contributed by atoms with van der Waals surface area (Å²) in [5.41, 5.74) is 1.83. The van der Waals surface area contributed by atoms with Gasteiger partial charge in [-0.1, -0.05) is 24.3 Å². The van der Waals surface area contributed by atoms with Crippen molar-refractivity contribution in [1.29, 1.82) is 0 Å². The molecule has 0 aliphatic carbocycles. The maximum Gasteiger partial charge on any atom is 0.222 e. The molecule has 0 spiro atoms. The van der Waals surface area contributed by atoms with Gasteiger partial charge >= 0.3 is 0 Å². The van der Waals surface area contributed by atoms with E-state index in [0.29, 0.717) is 19.6 Å². The van der Waals surface area contributed by atoms with Gasteiger partial charge in [0.25, 0.3) is 0 Å². The summed E-state index contributed by atoms with van der Waals surface area (Å²) < 4.78 is 4.81. The second kappa shape index (κ2) is 6.98. The lowest BCUT2D eigenvalue weighted by molar-refractivity contribution is -0.122. The standard InChI is InChI=1S/C12H17NO3/c1-16-6-5-12(15)13-8-10-3-2-4-11(7-10)9-14/h2-4,7,14H,5-6,8-9H2,1H3,(H,13,15). The van der Waals surface area contributed by atoms with Gasteiger partial charge < -0.3 is 15.2 Å². The van der Waals surface area contributed by atoms with Crippen molar-refractivity contribution in [2.75, 3.05) is 13.7 Å². The zero-order chi connectivity index (χ0) is 11.8. The van der Waals surface area contributed by atoms with E-state index < -0.39 is 0 Å². The highest BCUT2D eigenvalue weighted by Gasteiger charge is 2.01. The van der Waals surface area contributed by atoms with Crippen molar-refractivity contribution in [2.24, 2.45) is 0 Å². The number of ether oxygens (including phenoxy) is 1. The van der Waals surface area contributed by atoms with Gasteiger partial charge in [0.1, 0.15) is 0 Å². The Morgan fingerprint density at radius 1 is 1.44 bits per heavy atom. The zero-order valence-corrected chi connectivity index (χ0v) is 9.40. The minimum absolute atomic E-state index is 0.0193. The minimum Gasteiger partial charge on any atom is -0.392 e. The summed E-state index contributed by atoms with van der Waals surface area (Å²) in [4.78, 5) is 11.3. The number of methoxy groups -OCH3 is 1. The molecule has 0 heterocycles. The molecule has 16 heavy (non-hydrogen) atoms. The summed E-state index contributed by atoms with van der Waals surface area (Å²) in [5.74, 6) is -0.0312. The van der Waals surface area contributed by atoms with Crippen molar-refractivity contribution in [3.8, 4) is 0 Å². The number of benzene rings is 1. The lowest BCUT2D eigenvalue weighted by Crippen LogP contribution is -2.23. The topological polar surface area (TPSA) is 58.6 Å². The van der Waals surface area contributed by atoms with Crippen LogP contribution >= 0.6 is 0 Å². The normalized spacial score (nSPS) is 10.1. The van der Waals surface area contributed by atoms with Crippen LogP contribution in [0.15, 0.2) is 24.3 Å². The van der Waals surface area contributed by atoms with Gasteiger partial charge in [0.15, 0.2) is 0 Å². The van der Waals surface area contributed by atoms with Crippen molar-refractivity contribution in [2.45, 2.75) is 19.6 Å². The van der Waals surface area contributed by atoms with Crippen LogP contribution in [0.4, 0.5) is 0 Å². The number of hydrogen-bond acceptors (Lipinski definition) is 3. The second-order valence-corrected chi connectivity index (χ2v) is 3.50. The Morgan fingerprint density at radius 2 is 2.19 bits per heavy atom. The van der Waals surface area contributed by atoms with Crippen LogP contribution in [0.5, 0.6) is 0 Å². The smallest absolute Gasteiger partial charge is 0.222 e. The molecule has 0 saturated carbocycles. The summed E-state index contributed by atoms with van der Waals surface area (Å²) >= 11 is 0. The van der Waals surface area contributed by atoms with Crippen LogP contribution in [0.3, 0.4) is 0 Å². The third kappa shape index (κ3) is 4.42.